The fourth-order valence-corrected chi connectivity index (χ4v) is 1.70. The zero-order valence-corrected chi connectivity index (χ0v) is 10.4. The molecule has 0 aliphatic heterocycles. The summed E-state index contributed by atoms with van der Waals surface area (Å²) in [6, 6.07) is 2.70. The number of alkyl halides is 3. The molecule has 0 saturated carbocycles. The monoisotopic (exact) mass is 285 g/mol. The number of halogens is 3. The molecule has 0 amide bonds. The van der Waals surface area contributed by atoms with E-state index in [4.69, 9.17) is 0 Å². The normalized spacial score (nSPS) is 11.6. The molecule has 0 spiro atoms. The predicted molar refractivity (Wildman–Crippen MR) is 63.2 cm³/mol. The van der Waals surface area contributed by atoms with Crippen molar-refractivity contribution in [2.24, 2.45) is 7.05 Å². The molecule has 0 aliphatic rings. The first-order valence-corrected chi connectivity index (χ1v) is 5.58. The van der Waals surface area contributed by atoms with Gasteiger partial charge in [-0.05, 0) is 12.1 Å². The first kappa shape index (κ1) is 14.0. The lowest BCUT2D eigenvalue weighted by molar-refractivity contribution is -0.137. The van der Waals surface area contributed by atoms with Gasteiger partial charge in [0.1, 0.15) is 5.69 Å². The van der Waals surface area contributed by atoms with Crippen LogP contribution in [0.1, 0.15) is 16.1 Å². The number of hydrogen-bond acceptors (Lipinski definition) is 3. The van der Waals surface area contributed by atoms with E-state index in [1.165, 1.54) is 16.9 Å². The van der Waals surface area contributed by atoms with Crippen molar-refractivity contribution >= 4 is 5.78 Å². The van der Waals surface area contributed by atoms with E-state index in [0.29, 0.717) is 6.07 Å². The van der Waals surface area contributed by atoms with Crippen molar-refractivity contribution in [2.75, 3.05) is 0 Å². The lowest BCUT2D eigenvalue weighted by Gasteiger charge is -2.09. The van der Waals surface area contributed by atoms with Gasteiger partial charge in [0, 0.05) is 25.5 Å². The fourth-order valence-electron chi connectivity index (χ4n) is 1.70. The molecule has 5 nitrogen and oxygen atoms in total. The zero-order chi connectivity index (χ0) is 14.9. The Bertz CT molecular complexity index is 700. The van der Waals surface area contributed by atoms with Crippen LogP contribution in [-0.2, 0) is 19.8 Å². The summed E-state index contributed by atoms with van der Waals surface area (Å²) in [6.45, 7) is -0.337. The summed E-state index contributed by atoms with van der Waals surface area (Å²) in [5.74, 6) is -0.410. The summed E-state index contributed by atoms with van der Waals surface area (Å²) in [5, 5.41) is 3.81. The number of Topliss-reactive ketones (excluding diaryl/α,β-unsaturated/α-hetero) is 1. The zero-order valence-electron chi connectivity index (χ0n) is 10.4. The van der Waals surface area contributed by atoms with E-state index in [2.05, 4.69) is 5.10 Å². The molecule has 2 aromatic heterocycles. The number of carbonyl (C=O) groups is 1. The maximum absolute atomic E-state index is 12.4. The minimum absolute atomic E-state index is 0.275. The summed E-state index contributed by atoms with van der Waals surface area (Å²) in [6.07, 6.45) is -2.20. The molecule has 0 aliphatic carbocycles. The lowest BCUT2D eigenvalue weighted by Crippen LogP contribution is -2.25. The van der Waals surface area contributed by atoms with E-state index in [1.807, 2.05) is 0 Å². The van der Waals surface area contributed by atoms with Gasteiger partial charge in [-0.2, -0.15) is 18.3 Å². The van der Waals surface area contributed by atoms with Crippen molar-refractivity contribution < 1.29 is 18.0 Å². The number of nitrogens with zero attached hydrogens (tertiary/aromatic N) is 3. The Morgan fingerprint density at radius 1 is 1.35 bits per heavy atom. The van der Waals surface area contributed by atoms with Gasteiger partial charge in [-0.25, -0.2) is 0 Å². The van der Waals surface area contributed by atoms with Gasteiger partial charge in [0.05, 0.1) is 12.1 Å². The van der Waals surface area contributed by atoms with Crippen LogP contribution in [0.25, 0.3) is 0 Å². The molecule has 0 N–H and O–H groups in total. The number of carbonyl (C=O) groups excluding carboxylic acids is 1. The Morgan fingerprint density at radius 3 is 2.55 bits per heavy atom. The Balaban J connectivity index is 2.25. The van der Waals surface area contributed by atoms with Gasteiger partial charge in [0.15, 0.2) is 0 Å². The maximum atomic E-state index is 12.4. The summed E-state index contributed by atoms with van der Waals surface area (Å²) >= 11 is 0. The van der Waals surface area contributed by atoms with E-state index in [0.717, 1.165) is 16.8 Å². The van der Waals surface area contributed by atoms with E-state index >= 15 is 0 Å². The molecule has 0 saturated heterocycles. The largest absolute Gasteiger partial charge is 0.416 e. The van der Waals surface area contributed by atoms with Crippen LogP contribution >= 0.6 is 0 Å². The van der Waals surface area contributed by atoms with Crippen molar-refractivity contribution in [3.05, 3.63) is 52.2 Å². The van der Waals surface area contributed by atoms with Gasteiger partial charge in [-0.1, -0.05) is 0 Å². The van der Waals surface area contributed by atoms with Crippen LogP contribution in [0.5, 0.6) is 0 Å². The van der Waals surface area contributed by atoms with Crippen LogP contribution < -0.4 is 5.56 Å². The minimum Gasteiger partial charge on any atom is -0.308 e. The van der Waals surface area contributed by atoms with Crippen molar-refractivity contribution in [3.8, 4) is 0 Å². The molecule has 106 valence electrons. The third kappa shape index (κ3) is 2.79. The molecular formula is C12H10F3N3O2. The van der Waals surface area contributed by atoms with Crippen molar-refractivity contribution in [1.29, 1.82) is 0 Å². The minimum atomic E-state index is -4.58. The van der Waals surface area contributed by atoms with Gasteiger partial charge in [-0.3, -0.25) is 14.3 Å². The number of hydrogen-bond donors (Lipinski definition) is 0. The van der Waals surface area contributed by atoms with Crippen molar-refractivity contribution in [1.82, 2.24) is 14.3 Å². The SMILES string of the molecule is Cn1nccc1C(=O)Cn1ccc(C(F)(F)F)cc1=O. The first-order chi connectivity index (χ1) is 9.29. The Labute approximate surface area is 111 Å². The summed E-state index contributed by atoms with van der Waals surface area (Å²) in [4.78, 5) is 23.5. The van der Waals surface area contributed by atoms with E-state index in [1.54, 1.807) is 7.05 Å². The predicted octanol–water partition coefficient (Wildman–Crippen LogP) is 1.48. The molecule has 0 fully saturated rings. The van der Waals surface area contributed by atoms with E-state index in [9.17, 15) is 22.8 Å². The standard InChI is InChI=1S/C12H10F3N3O2/c1-17-9(2-4-16-17)10(19)7-18-5-3-8(6-11(18)20)12(13,14)15/h2-6H,7H2,1H3. The number of pyridine rings is 1. The van der Waals surface area contributed by atoms with Crippen molar-refractivity contribution in [2.45, 2.75) is 12.7 Å². The number of aromatic nitrogens is 3. The summed E-state index contributed by atoms with van der Waals surface area (Å²) < 4.78 is 39.5. The Hall–Kier alpha value is -2.38. The molecular weight excluding hydrogens is 275 g/mol. The van der Waals surface area contributed by atoms with Crippen LogP contribution in [0, 0.1) is 0 Å². The highest BCUT2D eigenvalue weighted by molar-refractivity contribution is 5.94. The maximum Gasteiger partial charge on any atom is 0.416 e. The van der Waals surface area contributed by atoms with Gasteiger partial charge >= 0.3 is 6.18 Å². The molecule has 20 heavy (non-hydrogen) atoms. The van der Waals surface area contributed by atoms with Gasteiger partial charge in [0.25, 0.3) is 5.56 Å². The molecule has 0 bridgehead atoms. The molecule has 0 unspecified atom stereocenters. The third-order valence-corrected chi connectivity index (χ3v) is 2.74. The molecule has 2 rings (SSSR count). The quantitative estimate of drug-likeness (QED) is 0.803. The second-order valence-corrected chi connectivity index (χ2v) is 4.14. The fraction of sp³-hybridized carbons (Fsp3) is 0.250. The van der Waals surface area contributed by atoms with Gasteiger partial charge in [-0.15, -0.1) is 0 Å². The van der Waals surface area contributed by atoms with Gasteiger partial charge in [0.2, 0.25) is 5.78 Å². The number of ketones is 1. The Morgan fingerprint density at radius 2 is 2.05 bits per heavy atom. The van der Waals surface area contributed by atoms with Crippen molar-refractivity contribution in [3.63, 3.8) is 0 Å². The summed E-state index contributed by atoms with van der Waals surface area (Å²) in [5.41, 5.74) is -1.64. The molecule has 8 heteroatoms. The molecule has 0 atom stereocenters. The van der Waals surface area contributed by atoms with Crippen LogP contribution in [0.2, 0.25) is 0 Å². The van der Waals surface area contributed by atoms with Crippen LogP contribution in [0.15, 0.2) is 35.4 Å². The van der Waals surface area contributed by atoms with Gasteiger partial charge < -0.3 is 4.57 Å². The highest BCUT2D eigenvalue weighted by Gasteiger charge is 2.31. The topological polar surface area (TPSA) is 56.9 Å². The average Bonchev–Trinajstić information content (AvgIpc) is 2.76. The summed E-state index contributed by atoms with van der Waals surface area (Å²) in [7, 11) is 1.56. The smallest absolute Gasteiger partial charge is 0.308 e. The van der Waals surface area contributed by atoms with E-state index in [-0.39, 0.29) is 12.2 Å². The second-order valence-electron chi connectivity index (χ2n) is 4.14. The molecule has 2 heterocycles. The number of rotatable bonds is 3. The van der Waals surface area contributed by atoms with Crippen LogP contribution in [0.3, 0.4) is 0 Å². The molecule has 2 aromatic rings. The second kappa shape index (κ2) is 4.95. The van der Waals surface area contributed by atoms with E-state index < -0.39 is 23.1 Å². The van der Waals surface area contributed by atoms with Crippen LogP contribution in [0.4, 0.5) is 13.2 Å². The highest BCUT2D eigenvalue weighted by Crippen LogP contribution is 2.27. The highest BCUT2D eigenvalue weighted by atomic mass is 19.4. The molecule has 0 aromatic carbocycles. The molecule has 0 radical (unpaired) electrons. The Kier molecular flexibility index (Phi) is 3.47. The number of aryl methyl sites for hydroxylation is 1. The average molecular weight is 285 g/mol. The first-order valence-electron chi connectivity index (χ1n) is 5.58. The van der Waals surface area contributed by atoms with Crippen LogP contribution in [-0.4, -0.2) is 20.1 Å². The third-order valence-electron chi connectivity index (χ3n) is 2.74. The lowest BCUT2D eigenvalue weighted by atomic mass is 10.2.